The number of aromatic nitrogens is 3. The van der Waals surface area contributed by atoms with Crippen LogP contribution in [0.15, 0.2) is 48.5 Å². The molecule has 0 bridgehead atoms. The maximum atomic E-state index is 6.73. The fraction of sp³-hybridized carbons (Fsp3) is 0.333. The van der Waals surface area contributed by atoms with Crippen molar-refractivity contribution in [2.24, 2.45) is 5.92 Å². The molecule has 186 valence electrons. The molecule has 3 heterocycles. The van der Waals surface area contributed by atoms with Gasteiger partial charge in [-0.2, -0.15) is 0 Å². The number of aryl methyl sites for hydroxylation is 1. The number of benzene rings is 2. The fourth-order valence-electron chi connectivity index (χ4n) is 6.00. The molecule has 0 radical (unpaired) electrons. The van der Waals surface area contributed by atoms with Gasteiger partial charge in [0.2, 0.25) is 0 Å². The molecule has 2 aromatic heterocycles. The number of nitrogens with one attached hydrogen (secondary N) is 2. The average Bonchev–Trinajstić information content (AvgIpc) is 3.47. The highest BCUT2D eigenvalue weighted by molar-refractivity contribution is 6.12. The molecule has 2 aliphatic rings. The predicted octanol–water partition coefficient (Wildman–Crippen LogP) is 3.35. The van der Waals surface area contributed by atoms with Crippen LogP contribution in [0.25, 0.3) is 16.5 Å². The minimum Gasteiger partial charge on any atom is -0.478 e. The van der Waals surface area contributed by atoms with Crippen molar-refractivity contribution in [3.8, 4) is 11.4 Å². The smallest absolute Gasteiger partial charge is 0.163 e. The fourth-order valence-corrected chi connectivity index (χ4v) is 6.00. The van der Waals surface area contributed by atoms with E-state index in [9.17, 15) is 0 Å². The second kappa shape index (κ2) is 8.91. The van der Waals surface area contributed by atoms with Gasteiger partial charge in [-0.25, -0.2) is 0 Å². The van der Waals surface area contributed by atoms with E-state index in [0.29, 0.717) is 30.2 Å². The van der Waals surface area contributed by atoms with Crippen LogP contribution in [0, 0.1) is 5.92 Å². The number of fused-ring (bicyclic) bond motifs is 4. The van der Waals surface area contributed by atoms with Crippen LogP contribution >= 0.6 is 0 Å². The van der Waals surface area contributed by atoms with E-state index in [1.54, 1.807) is 0 Å². The van der Waals surface area contributed by atoms with Gasteiger partial charge in [-0.1, -0.05) is 24.3 Å². The topological polar surface area (TPSA) is 119 Å². The Bertz CT molecular complexity index is 1410. The zero-order valence-electron chi connectivity index (χ0n) is 20.7. The average molecular weight is 485 g/mol. The second-order valence-electron chi connectivity index (χ2n) is 9.62. The van der Waals surface area contributed by atoms with Crippen molar-refractivity contribution in [2.45, 2.75) is 18.8 Å². The maximum absolute atomic E-state index is 6.73. The molecule has 1 aliphatic heterocycles. The predicted molar refractivity (Wildman–Crippen MR) is 145 cm³/mol. The summed E-state index contributed by atoms with van der Waals surface area (Å²) in [6.07, 6.45) is 2.32. The van der Waals surface area contributed by atoms with Crippen LogP contribution in [0.1, 0.15) is 23.5 Å². The van der Waals surface area contributed by atoms with Crippen molar-refractivity contribution in [3.63, 3.8) is 0 Å². The van der Waals surface area contributed by atoms with Gasteiger partial charge in [0.15, 0.2) is 11.6 Å². The first kappa shape index (κ1) is 22.5. The molecule has 2 atom stereocenters. The Morgan fingerprint density at radius 2 is 1.81 bits per heavy atom. The van der Waals surface area contributed by atoms with Gasteiger partial charge in [0.1, 0.15) is 24.1 Å². The summed E-state index contributed by atoms with van der Waals surface area (Å²) in [4.78, 5) is 2.37. The first-order valence-electron chi connectivity index (χ1n) is 12.4. The Kier molecular flexibility index (Phi) is 5.56. The van der Waals surface area contributed by atoms with Gasteiger partial charge in [0.25, 0.3) is 0 Å². The Balaban J connectivity index is 1.43. The lowest BCUT2D eigenvalue weighted by Gasteiger charge is -2.26. The van der Waals surface area contributed by atoms with E-state index in [1.165, 1.54) is 17.5 Å². The maximum Gasteiger partial charge on any atom is 0.163 e. The lowest BCUT2D eigenvalue weighted by atomic mass is 9.77. The van der Waals surface area contributed by atoms with Crippen LogP contribution in [0.5, 0.6) is 5.75 Å². The van der Waals surface area contributed by atoms with Crippen molar-refractivity contribution >= 4 is 34.0 Å². The van der Waals surface area contributed by atoms with Crippen molar-refractivity contribution < 1.29 is 4.74 Å². The van der Waals surface area contributed by atoms with Crippen LogP contribution in [0.4, 0.5) is 23.3 Å². The SMILES string of the molecule is CNCOc1ccc(-n2c(N)c3c(N)nnc(N4CC5CCc6ccccc6C5C4)c3c2NC)cc1. The van der Waals surface area contributed by atoms with E-state index in [-0.39, 0.29) is 0 Å². The number of rotatable bonds is 6. The molecule has 9 heteroatoms. The van der Waals surface area contributed by atoms with Gasteiger partial charge >= 0.3 is 0 Å². The molecule has 1 aliphatic carbocycles. The van der Waals surface area contributed by atoms with E-state index >= 15 is 0 Å². The summed E-state index contributed by atoms with van der Waals surface area (Å²) in [5.74, 6) is 4.40. The molecule has 36 heavy (non-hydrogen) atoms. The lowest BCUT2D eigenvalue weighted by Crippen LogP contribution is -2.22. The minimum atomic E-state index is 0.331. The van der Waals surface area contributed by atoms with Crippen LogP contribution in [0.2, 0.25) is 0 Å². The lowest BCUT2D eigenvalue weighted by molar-refractivity contribution is 0.296. The highest BCUT2D eigenvalue weighted by Crippen LogP contribution is 2.47. The molecule has 1 fully saturated rings. The van der Waals surface area contributed by atoms with Crippen LogP contribution in [0.3, 0.4) is 0 Å². The number of nitrogens with two attached hydrogens (primary N) is 2. The minimum absolute atomic E-state index is 0.331. The van der Waals surface area contributed by atoms with E-state index in [0.717, 1.165) is 53.4 Å². The third-order valence-corrected chi connectivity index (χ3v) is 7.63. The Morgan fingerprint density at radius 1 is 1.00 bits per heavy atom. The molecule has 1 saturated heterocycles. The van der Waals surface area contributed by atoms with Gasteiger partial charge in [-0.15, -0.1) is 10.2 Å². The molecule has 0 saturated carbocycles. The standard InChI is InChI=1S/C27H32N8O/c1-30-15-36-19-11-9-18(10-12-19)35-25(29)22-23(26(35)31-2)27(33-32-24(22)28)34-13-17-8-7-16-5-3-4-6-20(16)21(17)14-34/h3-6,9-12,17,21,30-31H,7-8,13-15,29H2,1-2H3,(H2,28,32). The molecule has 0 spiro atoms. The van der Waals surface area contributed by atoms with Gasteiger partial charge < -0.3 is 26.4 Å². The zero-order valence-corrected chi connectivity index (χ0v) is 20.7. The van der Waals surface area contributed by atoms with Gasteiger partial charge in [0, 0.05) is 31.7 Å². The Labute approximate surface area is 210 Å². The molecular weight excluding hydrogens is 452 g/mol. The second-order valence-corrected chi connectivity index (χ2v) is 9.62. The van der Waals surface area contributed by atoms with Gasteiger partial charge in [-0.3, -0.25) is 9.88 Å². The highest BCUT2D eigenvalue weighted by atomic mass is 16.5. The number of nitrogen functional groups attached to an aromatic ring is 2. The zero-order chi connectivity index (χ0) is 24.8. The van der Waals surface area contributed by atoms with E-state index in [4.69, 9.17) is 16.2 Å². The molecule has 4 aromatic rings. The molecule has 0 amide bonds. The quantitative estimate of drug-likeness (QED) is 0.308. The molecule has 6 rings (SSSR count). The van der Waals surface area contributed by atoms with Crippen LogP contribution in [-0.4, -0.2) is 48.7 Å². The van der Waals surface area contributed by atoms with Crippen molar-refractivity contribution in [1.29, 1.82) is 0 Å². The number of hydrogen-bond acceptors (Lipinski definition) is 8. The molecule has 9 nitrogen and oxygen atoms in total. The van der Waals surface area contributed by atoms with Crippen LogP contribution < -0.4 is 31.7 Å². The first-order chi connectivity index (χ1) is 17.6. The number of nitrogens with zero attached hydrogens (tertiary/aromatic N) is 4. The third-order valence-electron chi connectivity index (χ3n) is 7.63. The number of hydrogen-bond donors (Lipinski definition) is 4. The van der Waals surface area contributed by atoms with E-state index < -0.39 is 0 Å². The summed E-state index contributed by atoms with van der Waals surface area (Å²) in [5.41, 5.74) is 16.9. The largest absolute Gasteiger partial charge is 0.478 e. The summed E-state index contributed by atoms with van der Waals surface area (Å²) in [5, 5.41) is 17.0. The highest BCUT2D eigenvalue weighted by Gasteiger charge is 2.39. The Hall–Kier alpha value is -3.98. The summed E-state index contributed by atoms with van der Waals surface area (Å²) < 4.78 is 7.64. The van der Waals surface area contributed by atoms with Gasteiger partial charge in [-0.05, 0) is 61.2 Å². The normalized spacial score (nSPS) is 18.8. The monoisotopic (exact) mass is 484 g/mol. The van der Waals surface area contributed by atoms with Crippen molar-refractivity contribution in [3.05, 3.63) is 59.7 Å². The van der Waals surface area contributed by atoms with Crippen molar-refractivity contribution in [2.75, 3.05) is 55.6 Å². The first-order valence-corrected chi connectivity index (χ1v) is 12.4. The van der Waals surface area contributed by atoms with E-state index in [2.05, 4.69) is 50.0 Å². The molecule has 2 unspecified atom stereocenters. The Morgan fingerprint density at radius 3 is 2.58 bits per heavy atom. The molecule has 6 N–H and O–H groups in total. The number of ether oxygens (including phenoxy) is 1. The summed E-state index contributed by atoms with van der Waals surface area (Å²) in [6, 6.07) is 16.7. The van der Waals surface area contributed by atoms with Crippen molar-refractivity contribution in [1.82, 2.24) is 20.1 Å². The van der Waals surface area contributed by atoms with Gasteiger partial charge in [0.05, 0.1) is 10.8 Å². The summed E-state index contributed by atoms with van der Waals surface area (Å²) >= 11 is 0. The summed E-state index contributed by atoms with van der Waals surface area (Å²) in [7, 11) is 3.74. The van der Waals surface area contributed by atoms with E-state index in [1.807, 2.05) is 42.9 Å². The summed E-state index contributed by atoms with van der Waals surface area (Å²) in [6.45, 7) is 2.29. The molecule has 2 aromatic carbocycles. The van der Waals surface area contributed by atoms with Crippen LogP contribution in [-0.2, 0) is 6.42 Å². The third kappa shape index (κ3) is 3.50. The molecular formula is C27H32N8O. The number of anilines is 4.